The third kappa shape index (κ3) is 1.58. The minimum atomic E-state index is 0.574. The van der Waals surface area contributed by atoms with Crippen LogP contribution in [0.5, 0.6) is 0 Å². The number of nitrogens with zero attached hydrogens (tertiary/aromatic N) is 1. The predicted molar refractivity (Wildman–Crippen MR) is 41.6 cm³/mol. The SMILES string of the molecule is C=C(C)C1=NC=CC=CO1. The van der Waals surface area contributed by atoms with Gasteiger partial charge in [0.25, 0.3) is 0 Å². The molecule has 0 radical (unpaired) electrons. The molecule has 0 unspecified atom stereocenters. The number of allylic oxidation sites excluding steroid dienone is 2. The fourth-order valence-electron chi connectivity index (χ4n) is 0.551. The first-order valence-electron chi connectivity index (χ1n) is 3.03. The minimum absolute atomic E-state index is 0.574. The normalized spacial score (nSPS) is 15.5. The molecule has 1 aliphatic heterocycles. The van der Waals surface area contributed by atoms with Gasteiger partial charge in [-0.25, -0.2) is 4.99 Å². The van der Waals surface area contributed by atoms with E-state index in [2.05, 4.69) is 11.6 Å². The maximum atomic E-state index is 5.07. The van der Waals surface area contributed by atoms with Crippen molar-refractivity contribution >= 4 is 5.90 Å². The van der Waals surface area contributed by atoms with Gasteiger partial charge in [0.05, 0.1) is 6.26 Å². The molecule has 0 N–H and O–H groups in total. The van der Waals surface area contributed by atoms with E-state index in [-0.39, 0.29) is 0 Å². The fourth-order valence-corrected chi connectivity index (χ4v) is 0.551. The second-order valence-corrected chi connectivity index (χ2v) is 2.00. The zero-order valence-corrected chi connectivity index (χ0v) is 5.87. The van der Waals surface area contributed by atoms with Crippen LogP contribution < -0.4 is 0 Å². The van der Waals surface area contributed by atoms with Crippen molar-refractivity contribution in [3.05, 3.63) is 36.8 Å². The summed E-state index contributed by atoms with van der Waals surface area (Å²) in [5.74, 6) is 0.574. The van der Waals surface area contributed by atoms with E-state index < -0.39 is 0 Å². The molecule has 0 aromatic rings. The van der Waals surface area contributed by atoms with E-state index in [0.29, 0.717) is 5.90 Å². The lowest BCUT2D eigenvalue weighted by Crippen LogP contribution is -1.98. The molecule has 1 aliphatic rings. The molecule has 0 saturated carbocycles. The summed E-state index contributed by atoms with van der Waals surface area (Å²) in [4.78, 5) is 3.97. The summed E-state index contributed by atoms with van der Waals surface area (Å²) in [6, 6.07) is 0. The number of hydrogen-bond donors (Lipinski definition) is 0. The quantitative estimate of drug-likeness (QED) is 0.539. The van der Waals surface area contributed by atoms with Crippen LogP contribution in [0.3, 0.4) is 0 Å². The van der Waals surface area contributed by atoms with Crippen molar-refractivity contribution in [2.45, 2.75) is 6.92 Å². The molecule has 0 spiro atoms. The van der Waals surface area contributed by atoms with Gasteiger partial charge >= 0.3 is 0 Å². The van der Waals surface area contributed by atoms with E-state index in [0.717, 1.165) is 5.57 Å². The second-order valence-electron chi connectivity index (χ2n) is 2.00. The van der Waals surface area contributed by atoms with Gasteiger partial charge in [0.15, 0.2) is 0 Å². The molecule has 1 heterocycles. The molecule has 2 nitrogen and oxygen atoms in total. The van der Waals surface area contributed by atoms with Gasteiger partial charge in [-0.15, -0.1) is 0 Å². The summed E-state index contributed by atoms with van der Waals surface area (Å²) < 4.78 is 5.07. The van der Waals surface area contributed by atoms with Gasteiger partial charge < -0.3 is 4.74 Å². The summed E-state index contributed by atoms with van der Waals surface area (Å²) >= 11 is 0. The molecule has 2 heteroatoms. The Hall–Kier alpha value is -1.31. The second kappa shape index (κ2) is 3.01. The van der Waals surface area contributed by atoms with Crippen LogP contribution in [-0.4, -0.2) is 5.90 Å². The highest BCUT2D eigenvalue weighted by molar-refractivity contribution is 5.93. The molecule has 0 aromatic heterocycles. The molecule has 0 atom stereocenters. The molecular weight excluding hydrogens is 126 g/mol. The fraction of sp³-hybridized carbons (Fsp3) is 0.125. The van der Waals surface area contributed by atoms with Crippen molar-refractivity contribution in [2.24, 2.45) is 4.99 Å². The number of hydrogen-bond acceptors (Lipinski definition) is 2. The van der Waals surface area contributed by atoms with Gasteiger partial charge in [-0.05, 0) is 19.1 Å². The smallest absolute Gasteiger partial charge is 0.220 e. The van der Waals surface area contributed by atoms with E-state index >= 15 is 0 Å². The van der Waals surface area contributed by atoms with Crippen LogP contribution in [0.4, 0.5) is 0 Å². The van der Waals surface area contributed by atoms with Crippen molar-refractivity contribution in [3.8, 4) is 0 Å². The molecule has 0 saturated heterocycles. The Bertz CT molecular complexity index is 223. The minimum Gasteiger partial charge on any atom is -0.446 e. The predicted octanol–water partition coefficient (Wildman–Crippen LogP) is 2.02. The molecule has 0 amide bonds. The monoisotopic (exact) mass is 135 g/mol. The van der Waals surface area contributed by atoms with Gasteiger partial charge in [-0.1, -0.05) is 6.58 Å². The van der Waals surface area contributed by atoms with Gasteiger partial charge in [0.2, 0.25) is 5.90 Å². The van der Waals surface area contributed by atoms with E-state index in [9.17, 15) is 0 Å². The van der Waals surface area contributed by atoms with Crippen molar-refractivity contribution in [1.29, 1.82) is 0 Å². The molecule has 10 heavy (non-hydrogen) atoms. The largest absolute Gasteiger partial charge is 0.446 e. The Morgan fingerprint density at radius 3 is 3.10 bits per heavy atom. The first-order valence-corrected chi connectivity index (χ1v) is 3.03. The number of ether oxygens (including phenoxy) is 1. The molecule has 0 aliphatic carbocycles. The molecule has 0 fully saturated rings. The van der Waals surface area contributed by atoms with Crippen LogP contribution >= 0.6 is 0 Å². The highest BCUT2D eigenvalue weighted by Crippen LogP contribution is 2.00. The van der Waals surface area contributed by atoms with Crippen LogP contribution in [0, 0.1) is 0 Å². The number of rotatable bonds is 1. The summed E-state index contributed by atoms with van der Waals surface area (Å²) in [7, 11) is 0. The van der Waals surface area contributed by atoms with Crippen LogP contribution in [0.1, 0.15) is 6.92 Å². The summed E-state index contributed by atoms with van der Waals surface area (Å²) in [5, 5.41) is 0. The highest BCUT2D eigenvalue weighted by atomic mass is 16.5. The zero-order valence-electron chi connectivity index (χ0n) is 5.87. The third-order valence-electron chi connectivity index (χ3n) is 1.01. The summed E-state index contributed by atoms with van der Waals surface area (Å²) in [6.45, 7) is 5.55. The zero-order chi connectivity index (χ0) is 7.40. The highest BCUT2D eigenvalue weighted by Gasteiger charge is 1.97. The van der Waals surface area contributed by atoms with Gasteiger partial charge in [0, 0.05) is 11.8 Å². The Morgan fingerprint density at radius 1 is 1.60 bits per heavy atom. The maximum Gasteiger partial charge on any atom is 0.220 e. The Morgan fingerprint density at radius 2 is 2.40 bits per heavy atom. The van der Waals surface area contributed by atoms with E-state index in [1.165, 1.54) is 0 Å². The molecule has 0 bridgehead atoms. The average molecular weight is 135 g/mol. The van der Waals surface area contributed by atoms with Crippen molar-refractivity contribution in [2.75, 3.05) is 0 Å². The third-order valence-corrected chi connectivity index (χ3v) is 1.01. The standard InChI is InChI=1S/C8H9NO/c1-7(2)8-9-5-3-4-6-10-8/h3-6H,1H2,2H3. The van der Waals surface area contributed by atoms with Crippen LogP contribution in [0.2, 0.25) is 0 Å². The topological polar surface area (TPSA) is 21.6 Å². The molecular formula is C8H9NO. The van der Waals surface area contributed by atoms with E-state index in [4.69, 9.17) is 4.74 Å². The lowest BCUT2D eigenvalue weighted by atomic mass is 10.3. The van der Waals surface area contributed by atoms with Crippen LogP contribution in [-0.2, 0) is 4.74 Å². The van der Waals surface area contributed by atoms with E-state index in [1.807, 2.05) is 6.92 Å². The van der Waals surface area contributed by atoms with Crippen molar-refractivity contribution < 1.29 is 4.74 Å². The maximum absolute atomic E-state index is 5.07. The van der Waals surface area contributed by atoms with Crippen molar-refractivity contribution in [3.63, 3.8) is 0 Å². The van der Waals surface area contributed by atoms with Gasteiger partial charge in [-0.3, -0.25) is 0 Å². The summed E-state index contributed by atoms with van der Waals surface area (Å²) in [5.41, 5.74) is 0.830. The molecule has 52 valence electrons. The first kappa shape index (κ1) is 6.81. The van der Waals surface area contributed by atoms with Crippen molar-refractivity contribution in [1.82, 2.24) is 0 Å². The van der Waals surface area contributed by atoms with Crippen LogP contribution in [0.15, 0.2) is 41.8 Å². The number of aliphatic imine (C=N–C) groups is 1. The average Bonchev–Trinajstić information content (AvgIpc) is 2.12. The van der Waals surface area contributed by atoms with E-state index in [1.54, 1.807) is 24.6 Å². The molecule has 1 rings (SSSR count). The van der Waals surface area contributed by atoms with Crippen LogP contribution in [0.25, 0.3) is 0 Å². The Balaban J connectivity index is 2.78. The Labute approximate surface area is 60.2 Å². The lowest BCUT2D eigenvalue weighted by Gasteiger charge is -1.99. The Kier molecular flexibility index (Phi) is 2.05. The summed E-state index contributed by atoms with van der Waals surface area (Å²) in [6.07, 6.45) is 6.83. The first-order chi connectivity index (χ1) is 4.80. The van der Waals surface area contributed by atoms with Gasteiger partial charge in [-0.2, -0.15) is 0 Å². The van der Waals surface area contributed by atoms with Gasteiger partial charge in [0.1, 0.15) is 0 Å². The lowest BCUT2D eigenvalue weighted by molar-refractivity contribution is 0.474. The molecule has 0 aromatic carbocycles.